The summed E-state index contributed by atoms with van der Waals surface area (Å²) in [7, 11) is 0. The summed E-state index contributed by atoms with van der Waals surface area (Å²) < 4.78 is 0. The van der Waals surface area contributed by atoms with Gasteiger partial charge in [-0.3, -0.25) is 9.59 Å². The van der Waals surface area contributed by atoms with Crippen LogP contribution in [0.2, 0.25) is 0 Å². The number of carbonyl (C=O) groups excluding carboxylic acids is 2. The van der Waals surface area contributed by atoms with Gasteiger partial charge in [0.25, 0.3) is 0 Å². The molecule has 0 aliphatic rings. The zero-order valence-corrected chi connectivity index (χ0v) is 15.9. The molecule has 2 N–H and O–H groups in total. The van der Waals surface area contributed by atoms with E-state index in [1.807, 2.05) is 60.7 Å². The second kappa shape index (κ2) is 8.05. The Kier molecular flexibility index (Phi) is 5.14. The highest BCUT2D eigenvalue weighted by Crippen LogP contribution is 2.31. The molecule has 4 heteroatoms. The first-order valence-corrected chi connectivity index (χ1v) is 9.40. The third-order valence-corrected chi connectivity index (χ3v) is 4.87. The van der Waals surface area contributed by atoms with Crippen molar-refractivity contribution in [2.24, 2.45) is 0 Å². The van der Waals surface area contributed by atoms with E-state index in [9.17, 15) is 19.8 Å². The van der Waals surface area contributed by atoms with Gasteiger partial charge < -0.3 is 10.2 Å². The number of Topliss-reactive ketones (excluding diaryl/α,β-unsaturated/α-hetero) is 2. The highest BCUT2D eigenvalue weighted by Gasteiger charge is 2.25. The Balaban J connectivity index is 1.81. The highest BCUT2D eigenvalue weighted by molar-refractivity contribution is 6.51. The van der Waals surface area contributed by atoms with E-state index >= 15 is 0 Å². The summed E-state index contributed by atoms with van der Waals surface area (Å²) >= 11 is 0. The Hall–Kier alpha value is -4.18. The molecule has 0 fully saturated rings. The summed E-state index contributed by atoms with van der Waals surface area (Å²) in [5.74, 6) is -1.35. The van der Waals surface area contributed by atoms with Crippen molar-refractivity contribution in [3.63, 3.8) is 0 Å². The maximum absolute atomic E-state index is 13.2. The largest absolute Gasteiger partial charge is 0.508 e. The fourth-order valence-corrected chi connectivity index (χ4v) is 3.42. The first kappa shape index (κ1) is 19.2. The fourth-order valence-electron chi connectivity index (χ4n) is 3.42. The van der Waals surface area contributed by atoms with Gasteiger partial charge in [-0.15, -0.1) is 0 Å². The molecular formula is C26H18O4. The molecule has 0 amide bonds. The van der Waals surface area contributed by atoms with E-state index in [0.29, 0.717) is 11.1 Å². The van der Waals surface area contributed by atoms with Gasteiger partial charge in [0.1, 0.15) is 11.5 Å². The van der Waals surface area contributed by atoms with Crippen molar-refractivity contribution in [1.82, 2.24) is 0 Å². The number of benzene rings is 4. The first-order valence-electron chi connectivity index (χ1n) is 9.40. The number of carbonyl (C=O) groups is 2. The molecule has 0 saturated heterocycles. The Bertz CT molecular complexity index is 1130. The average molecular weight is 394 g/mol. The van der Waals surface area contributed by atoms with E-state index in [-0.39, 0.29) is 22.6 Å². The number of phenols is 2. The molecule has 0 atom stereocenters. The van der Waals surface area contributed by atoms with Crippen molar-refractivity contribution >= 4 is 11.6 Å². The van der Waals surface area contributed by atoms with Crippen molar-refractivity contribution in [3.05, 3.63) is 108 Å². The summed E-state index contributed by atoms with van der Waals surface area (Å²) in [5.41, 5.74) is 2.81. The molecule has 0 aliphatic heterocycles. The van der Waals surface area contributed by atoms with Crippen molar-refractivity contribution in [3.8, 4) is 33.8 Å². The van der Waals surface area contributed by atoms with E-state index in [4.69, 9.17) is 0 Å². The molecule has 4 aromatic rings. The van der Waals surface area contributed by atoms with Crippen LogP contribution in [-0.2, 0) is 0 Å². The molecule has 0 unspecified atom stereocenters. The number of phenolic OH excluding ortho intramolecular Hbond substituents is 2. The Labute approximate surface area is 173 Å². The number of ketones is 2. The Morgan fingerprint density at radius 2 is 0.867 bits per heavy atom. The van der Waals surface area contributed by atoms with Crippen LogP contribution >= 0.6 is 0 Å². The van der Waals surface area contributed by atoms with E-state index in [0.717, 1.165) is 11.1 Å². The van der Waals surface area contributed by atoms with Gasteiger partial charge in [0.2, 0.25) is 11.6 Å². The second-order valence-electron chi connectivity index (χ2n) is 6.85. The van der Waals surface area contributed by atoms with Gasteiger partial charge in [-0.05, 0) is 58.7 Å². The van der Waals surface area contributed by atoms with Crippen molar-refractivity contribution < 1.29 is 19.8 Å². The fraction of sp³-hybridized carbons (Fsp3) is 0. The van der Waals surface area contributed by atoms with E-state index in [1.54, 1.807) is 0 Å². The van der Waals surface area contributed by atoms with Crippen LogP contribution in [0.1, 0.15) is 20.7 Å². The van der Waals surface area contributed by atoms with Gasteiger partial charge in [-0.25, -0.2) is 0 Å². The molecule has 0 radical (unpaired) electrons. The lowest BCUT2D eigenvalue weighted by Crippen LogP contribution is -2.16. The molecule has 0 saturated carbocycles. The number of hydrogen-bond acceptors (Lipinski definition) is 4. The van der Waals surface area contributed by atoms with Crippen molar-refractivity contribution in [2.45, 2.75) is 0 Å². The van der Waals surface area contributed by atoms with Crippen LogP contribution in [0.25, 0.3) is 22.3 Å². The molecule has 4 nitrogen and oxygen atoms in total. The summed E-state index contributed by atoms with van der Waals surface area (Å²) in [6.07, 6.45) is 0. The normalized spacial score (nSPS) is 10.5. The highest BCUT2D eigenvalue weighted by atomic mass is 16.3. The quantitative estimate of drug-likeness (QED) is 0.346. The summed E-state index contributed by atoms with van der Waals surface area (Å²) in [5, 5.41) is 19.9. The SMILES string of the molecule is O=C(C(=O)c1ccc(O)cc1-c1ccccc1)c1ccc(O)cc1-c1ccccc1. The van der Waals surface area contributed by atoms with Crippen LogP contribution in [0.3, 0.4) is 0 Å². The Morgan fingerprint density at radius 3 is 1.23 bits per heavy atom. The van der Waals surface area contributed by atoms with Gasteiger partial charge in [0.05, 0.1) is 0 Å². The molecular weight excluding hydrogens is 376 g/mol. The minimum absolute atomic E-state index is 0.00691. The van der Waals surface area contributed by atoms with Gasteiger partial charge in [0.15, 0.2) is 0 Å². The monoisotopic (exact) mass is 394 g/mol. The topological polar surface area (TPSA) is 74.6 Å². The summed E-state index contributed by atoms with van der Waals surface area (Å²) in [6, 6.07) is 26.9. The lowest BCUT2D eigenvalue weighted by atomic mass is 9.90. The zero-order chi connectivity index (χ0) is 21.1. The number of hydrogen-bond donors (Lipinski definition) is 2. The summed E-state index contributed by atoms with van der Waals surface area (Å²) in [4.78, 5) is 26.5. The smallest absolute Gasteiger partial charge is 0.234 e. The van der Waals surface area contributed by atoms with E-state index < -0.39 is 11.6 Å². The van der Waals surface area contributed by atoms with Crippen LogP contribution < -0.4 is 0 Å². The first-order chi connectivity index (χ1) is 14.5. The van der Waals surface area contributed by atoms with Crippen LogP contribution in [-0.4, -0.2) is 21.8 Å². The molecule has 0 aromatic heterocycles. The van der Waals surface area contributed by atoms with Gasteiger partial charge >= 0.3 is 0 Å². The minimum atomic E-state index is -0.684. The zero-order valence-electron chi connectivity index (χ0n) is 15.9. The summed E-state index contributed by atoms with van der Waals surface area (Å²) in [6.45, 7) is 0. The van der Waals surface area contributed by atoms with Gasteiger partial charge in [0, 0.05) is 11.1 Å². The van der Waals surface area contributed by atoms with E-state index in [1.165, 1.54) is 36.4 Å². The molecule has 4 rings (SSSR count). The predicted octanol–water partition coefficient (Wildman–Crippen LogP) is 5.50. The Morgan fingerprint density at radius 1 is 0.500 bits per heavy atom. The van der Waals surface area contributed by atoms with Gasteiger partial charge in [-0.1, -0.05) is 60.7 Å². The molecule has 0 bridgehead atoms. The van der Waals surface area contributed by atoms with Crippen LogP contribution in [0.15, 0.2) is 97.1 Å². The van der Waals surface area contributed by atoms with Crippen LogP contribution in [0.5, 0.6) is 11.5 Å². The molecule has 0 spiro atoms. The maximum Gasteiger partial charge on any atom is 0.234 e. The maximum atomic E-state index is 13.2. The third-order valence-electron chi connectivity index (χ3n) is 4.87. The van der Waals surface area contributed by atoms with Crippen molar-refractivity contribution in [2.75, 3.05) is 0 Å². The molecule has 0 heterocycles. The number of rotatable bonds is 5. The van der Waals surface area contributed by atoms with E-state index in [2.05, 4.69) is 0 Å². The lowest BCUT2D eigenvalue weighted by molar-refractivity contribution is 0.0817. The van der Waals surface area contributed by atoms with Gasteiger partial charge in [-0.2, -0.15) is 0 Å². The molecule has 4 aromatic carbocycles. The second-order valence-corrected chi connectivity index (χ2v) is 6.85. The predicted molar refractivity (Wildman–Crippen MR) is 116 cm³/mol. The molecule has 146 valence electrons. The van der Waals surface area contributed by atoms with Crippen molar-refractivity contribution in [1.29, 1.82) is 0 Å². The standard InChI is InChI=1S/C26H18O4/c27-19-11-13-21(23(15-19)17-7-3-1-4-8-17)25(29)26(30)22-14-12-20(28)16-24(22)18-9-5-2-6-10-18/h1-16,27-28H. The number of aromatic hydroxyl groups is 2. The molecule has 30 heavy (non-hydrogen) atoms. The lowest BCUT2D eigenvalue weighted by Gasteiger charge is -2.12. The van der Waals surface area contributed by atoms with Crippen LogP contribution in [0, 0.1) is 0 Å². The van der Waals surface area contributed by atoms with Crippen LogP contribution in [0.4, 0.5) is 0 Å². The molecule has 0 aliphatic carbocycles. The third kappa shape index (κ3) is 3.71. The average Bonchev–Trinajstić information content (AvgIpc) is 2.79. The minimum Gasteiger partial charge on any atom is -0.508 e.